The Labute approximate surface area is 74.8 Å². The van der Waals surface area contributed by atoms with E-state index in [0.29, 0.717) is 0 Å². The molecule has 70 valence electrons. The zero-order chi connectivity index (χ0) is 8.32. The fourth-order valence-corrected chi connectivity index (χ4v) is 6.41. The van der Waals surface area contributed by atoms with Crippen molar-refractivity contribution in [2.24, 2.45) is 0 Å². The van der Waals surface area contributed by atoms with Crippen LogP contribution in [0.2, 0.25) is 0 Å². The van der Waals surface area contributed by atoms with Crippen LogP contribution in [-0.4, -0.2) is 31.3 Å². The summed E-state index contributed by atoms with van der Waals surface area (Å²) >= 11 is -1.25. The van der Waals surface area contributed by atoms with E-state index < -0.39 is 18.4 Å². The number of halogens is 1. The first-order valence-corrected chi connectivity index (χ1v) is 11.6. The van der Waals surface area contributed by atoms with Crippen molar-refractivity contribution in [2.75, 3.05) is 27.4 Å². The van der Waals surface area contributed by atoms with Gasteiger partial charge >= 0.3 is 74.8 Å². The molecule has 1 fully saturated rings. The Morgan fingerprint density at radius 1 is 1.45 bits per heavy atom. The van der Waals surface area contributed by atoms with Crippen molar-refractivity contribution in [3.05, 3.63) is 0 Å². The van der Waals surface area contributed by atoms with E-state index in [4.69, 9.17) is 0 Å². The van der Waals surface area contributed by atoms with Gasteiger partial charge in [0.2, 0.25) is 0 Å². The van der Waals surface area contributed by atoms with E-state index in [0.717, 1.165) is 3.92 Å². The Morgan fingerprint density at radius 2 is 2.18 bits per heavy atom. The van der Waals surface area contributed by atoms with Crippen molar-refractivity contribution in [1.82, 2.24) is 5.32 Å². The summed E-state index contributed by atoms with van der Waals surface area (Å²) in [6, 6.07) is 0. The second-order valence-electron chi connectivity index (χ2n) is 3.71. The van der Waals surface area contributed by atoms with Crippen LogP contribution in [0.1, 0.15) is 19.8 Å². The van der Waals surface area contributed by atoms with Crippen LogP contribution in [-0.2, 0) is 0 Å². The summed E-state index contributed by atoms with van der Waals surface area (Å²) in [5.74, 6) is 0. The standard InChI is InChI=1S/C9H21IN/c1-4-10(2,3)9-6-5-7-11-8-9/h9,11H,4-8H2,1-3H3/q-1. The number of rotatable bonds is 2. The molecule has 0 aromatic heterocycles. The zero-order valence-corrected chi connectivity index (χ0v) is 10.1. The van der Waals surface area contributed by atoms with Gasteiger partial charge in [0.25, 0.3) is 0 Å². The summed E-state index contributed by atoms with van der Waals surface area (Å²) in [6.45, 7) is 4.96. The Kier molecular flexibility index (Phi) is 3.62. The topological polar surface area (TPSA) is 12.0 Å². The van der Waals surface area contributed by atoms with Gasteiger partial charge in [-0.15, -0.1) is 0 Å². The quantitative estimate of drug-likeness (QED) is 0.460. The van der Waals surface area contributed by atoms with Crippen LogP contribution in [0.15, 0.2) is 0 Å². The van der Waals surface area contributed by atoms with Crippen LogP contribution in [0.4, 0.5) is 0 Å². The molecule has 1 unspecified atom stereocenters. The van der Waals surface area contributed by atoms with Gasteiger partial charge in [-0.05, 0) is 0 Å². The number of nitrogens with one attached hydrogen (secondary N) is 1. The molecular formula is C9H21IN-. The van der Waals surface area contributed by atoms with E-state index >= 15 is 0 Å². The molecule has 0 radical (unpaired) electrons. The molecule has 0 spiro atoms. The predicted octanol–water partition coefficient (Wildman–Crippen LogP) is -1.82. The SMILES string of the molecule is CC[I-](C)(C)C1CCCNC1. The Bertz CT molecular complexity index is 117. The van der Waals surface area contributed by atoms with E-state index in [1.165, 1.54) is 30.4 Å². The Hall–Kier alpha value is 0.690. The fourth-order valence-electron chi connectivity index (χ4n) is 1.53. The van der Waals surface area contributed by atoms with Gasteiger partial charge in [-0.3, -0.25) is 0 Å². The van der Waals surface area contributed by atoms with Crippen molar-refractivity contribution in [2.45, 2.75) is 23.7 Å². The molecule has 1 rings (SSSR count). The van der Waals surface area contributed by atoms with Crippen molar-refractivity contribution < 1.29 is 18.4 Å². The minimum absolute atomic E-state index is 1.08. The molecule has 2 heteroatoms. The molecule has 1 N–H and O–H groups in total. The van der Waals surface area contributed by atoms with E-state index in [-0.39, 0.29) is 0 Å². The van der Waals surface area contributed by atoms with Gasteiger partial charge in [0, 0.05) is 0 Å². The summed E-state index contributed by atoms with van der Waals surface area (Å²) in [4.78, 5) is 5.15. The van der Waals surface area contributed by atoms with Crippen LogP contribution >= 0.6 is 0 Å². The predicted molar refractivity (Wildman–Crippen MR) is 48.3 cm³/mol. The van der Waals surface area contributed by atoms with Gasteiger partial charge in [-0.25, -0.2) is 0 Å². The summed E-state index contributed by atoms with van der Waals surface area (Å²) < 4.78 is 2.57. The van der Waals surface area contributed by atoms with E-state index in [1.54, 1.807) is 0 Å². The Balaban J connectivity index is 2.43. The average molecular weight is 270 g/mol. The van der Waals surface area contributed by atoms with Crippen LogP contribution in [0.3, 0.4) is 0 Å². The van der Waals surface area contributed by atoms with Crippen molar-refractivity contribution in [1.29, 1.82) is 0 Å². The maximum absolute atomic E-state index is 3.52. The molecule has 0 saturated carbocycles. The minimum atomic E-state index is -1.25. The summed E-state index contributed by atoms with van der Waals surface area (Å²) in [7, 11) is 0. The average Bonchev–Trinajstić information content (AvgIpc) is 2.06. The molecule has 1 aliphatic heterocycles. The van der Waals surface area contributed by atoms with E-state index in [2.05, 4.69) is 22.1 Å². The van der Waals surface area contributed by atoms with Gasteiger partial charge in [-0.2, -0.15) is 0 Å². The number of piperidine rings is 1. The molecular weight excluding hydrogens is 249 g/mol. The van der Waals surface area contributed by atoms with Gasteiger partial charge in [0.15, 0.2) is 0 Å². The molecule has 1 atom stereocenters. The third kappa shape index (κ3) is 2.58. The van der Waals surface area contributed by atoms with Crippen LogP contribution in [0, 0.1) is 0 Å². The third-order valence-electron chi connectivity index (χ3n) is 2.76. The molecule has 0 amide bonds. The van der Waals surface area contributed by atoms with Gasteiger partial charge in [-0.1, -0.05) is 0 Å². The molecule has 0 aliphatic carbocycles. The van der Waals surface area contributed by atoms with E-state index in [1.807, 2.05) is 0 Å². The zero-order valence-electron chi connectivity index (χ0n) is 7.99. The molecule has 1 aliphatic rings. The molecule has 0 aromatic carbocycles. The first-order chi connectivity index (χ1) is 5.17. The Morgan fingerprint density at radius 3 is 2.64 bits per heavy atom. The third-order valence-corrected chi connectivity index (χ3v) is 12.5. The molecule has 0 aromatic rings. The van der Waals surface area contributed by atoms with Gasteiger partial charge in [0.05, 0.1) is 0 Å². The normalized spacial score (nSPS) is 28.5. The monoisotopic (exact) mass is 270 g/mol. The van der Waals surface area contributed by atoms with Crippen molar-refractivity contribution in [3.63, 3.8) is 0 Å². The molecule has 1 saturated heterocycles. The van der Waals surface area contributed by atoms with Crippen LogP contribution < -0.4 is 23.8 Å². The number of alkyl halides is 4. The summed E-state index contributed by atoms with van der Waals surface area (Å²) in [6.07, 6.45) is 2.92. The molecule has 1 heterocycles. The number of hydrogen-bond acceptors (Lipinski definition) is 1. The van der Waals surface area contributed by atoms with Crippen LogP contribution in [0.5, 0.6) is 0 Å². The number of hydrogen-bond donors (Lipinski definition) is 1. The summed E-state index contributed by atoms with van der Waals surface area (Å²) in [5, 5.41) is 3.52. The van der Waals surface area contributed by atoms with Gasteiger partial charge < -0.3 is 0 Å². The molecule has 11 heavy (non-hydrogen) atoms. The molecule has 0 bridgehead atoms. The van der Waals surface area contributed by atoms with Crippen molar-refractivity contribution in [3.8, 4) is 0 Å². The fraction of sp³-hybridized carbons (Fsp3) is 1.00. The first-order valence-electron chi connectivity index (χ1n) is 4.47. The summed E-state index contributed by atoms with van der Waals surface area (Å²) in [5.41, 5.74) is 0. The van der Waals surface area contributed by atoms with E-state index in [9.17, 15) is 0 Å². The first kappa shape index (κ1) is 9.78. The van der Waals surface area contributed by atoms with Crippen molar-refractivity contribution >= 4 is 0 Å². The maximum atomic E-state index is 3.52. The van der Waals surface area contributed by atoms with Crippen LogP contribution in [0.25, 0.3) is 0 Å². The van der Waals surface area contributed by atoms with Gasteiger partial charge in [0.1, 0.15) is 0 Å². The second-order valence-corrected chi connectivity index (χ2v) is 15.6. The second kappa shape index (κ2) is 4.08. The molecule has 1 nitrogen and oxygen atoms in total.